The highest BCUT2D eigenvalue weighted by atomic mass is 16.5. The average molecular weight is 327 g/mol. The molecule has 8 nitrogen and oxygen atoms in total. The van der Waals surface area contributed by atoms with Crippen molar-refractivity contribution in [2.24, 2.45) is 5.92 Å². The van der Waals surface area contributed by atoms with Crippen LogP contribution in [0.15, 0.2) is 35.2 Å². The zero-order chi connectivity index (χ0) is 16.7. The van der Waals surface area contributed by atoms with Crippen LogP contribution in [0.1, 0.15) is 21.8 Å². The third kappa shape index (κ3) is 2.54. The molecule has 124 valence electrons. The summed E-state index contributed by atoms with van der Waals surface area (Å²) in [7, 11) is 0. The van der Waals surface area contributed by atoms with Crippen LogP contribution in [0.5, 0.6) is 0 Å². The Bertz CT molecular complexity index is 887. The van der Waals surface area contributed by atoms with E-state index in [-0.39, 0.29) is 11.8 Å². The Morgan fingerprint density at radius 1 is 1.46 bits per heavy atom. The van der Waals surface area contributed by atoms with Gasteiger partial charge >= 0.3 is 0 Å². The van der Waals surface area contributed by atoms with Crippen LogP contribution in [0, 0.1) is 12.8 Å². The number of nitrogens with zero attached hydrogens (tertiary/aromatic N) is 5. The van der Waals surface area contributed by atoms with Crippen LogP contribution in [0.3, 0.4) is 0 Å². The largest absolute Gasteiger partial charge is 0.391 e. The maximum atomic E-state index is 12.8. The van der Waals surface area contributed by atoms with Gasteiger partial charge in [-0.2, -0.15) is 0 Å². The van der Waals surface area contributed by atoms with E-state index in [0.29, 0.717) is 30.7 Å². The van der Waals surface area contributed by atoms with Crippen LogP contribution >= 0.6 is 0 Å². The number of likely N-dealkylation sites (tertiary alicyclic amines) is 1. The number of fused-ring (bicyclic) bond motifs is 1. The first-order valence-corrected chi connectivity index (χ1v) is 7.79. The van der Waals surface area contributed by atoms with Crippen molar-refractivity contribution in [3.63, 3.8) is 0 Å². The molecule has 0 aliphatic carbocycles. The van der Waals surface area contributed by atoms with Crippen molar-refractivity contribution < 1.29 is 14.4 Å². The molecule has 0 aromatic carbocycles. The minimum Gasteiger partial charge on any atom is -0.391 e. The maximum absolute atomic E-state index is 12.8. The molecule has 2 atom stereocenters. The van der Waals surface area contributed by atoms with Gasteiger partial charge in [-0.25, -0.2) is 0 Å². The quantitative estimate of drug-likeness (QED) is 0.761. The van der Waals surface area contributed by atoms with Gasteiger partial charge in [-0.1, -0.05) is 5.16 Å². The van der Waals surface area contributed by atoms with Crippen LogP contribution in [0.25, 0.3) is 5.65 Å². The SMILES string of the molecule is Cc1cc(C[C@@H]2CN(C(=O)c3cccn4cnnc34)C[C@H]2O)on1. The number of amides is 1. The highest BCUT2D eigenvalue weighted by Crippen LogP contribution is 2.24. The molecule has 0 unspecified atom stereocenters. The average Bonchev–Trinajstić information content (AvgIpc) is 3.28. The maximum Gasteiger partial charge on any atom is 0.257 e. The van der Waals surface area contributed by atoms with Gasteiger partial charge in [0.15, 0.2) is 5.65 Å². The molecule has 1 aliphatic heterocycles. The van der Waals surface area contributed by atoms with Gasteiger partial charge in [-0.3, -0.25) is 9.20 Å². The minimum absolute atomic E-state index is 0.0705. The zero-order valence-electron chi connectivity index (χ0n) is 13.2. The van der Waals surface area contributed by atoms with Crippen molar-refractivity contribution in [2.45, 2.75) is 19.4 Å². The number of rotatable bonds is 3. The summed E-state index contributed by atoms with van der Waals surface area (Å²) in [6.07, 6.45) is 3.32. The summed E-state index contributed by atoms with van der Waals surface area (Å²) < 4.78 is 6.92. The fourth-order valence-corrected chi connectivity index (χ4v) is 3.18. The second kappa shape index (κ2) is 5.72. The Morgan fingerprint density at radius 3 is 3.12 bits per heavy atom. The van der Waals surface area contributed by atoms with Crippen LogP contribution in [-0.4, -0.2) is 54.9 Å². The molecule has 4 rings (SSSR count). The fourth-order valence-electron chi connectivity index (χ4n) is 3.18. The Balaban J connectivity index is 1.53. The highest BCUT2D eigenvalue weighted by Gasteiger charge is 2.35. The Hall–Kier alpha value is -2.74. The molecule has 4 heterocycles. The molecule has 0 saturated carbocycles. The smallest absolute Gasteiger partial charge is 0.257 e. The van der Waals surface area contributed by atoms with E-state index in [1.807, 2.05) is 13.0 Å². The van der Waals surface area contributed by atoms with Gasteiger partial charge in [0.25, 0.3) is 5.91 Å². The number of hydrogen-bond acceptors (Lipinski definition) is 6. The predicted octanol–water partition coefficient (Wildman–Crippen LogP) is 0.701. The number of aliphatic hydroxyl groups is 1. The third-order valence-electron chi connectivity index (χ3n) is 4.39. The number of carbonyl (C=O) groups is 1. The number of carbonyl (C=O) groups excluding carboxylic acids is 1. The third-order valence-corrected chi connectivity index (χ3v) is 4.39. The van der Waals surface area contributed by atoms with Crippen molar-refractivity contribution in [1.29, 1.82) is 0 Å². The number of β-amino-alcohol motifs (C(OH)–C–C–N with tert-alkyl or cyclic N) is 1. The van der Waals surface area contributed by atoms with Crippen molar-refractivity contribution >= 4 is 11.6 Å². The summed E-state index contributed by atoms with van der Waals surface area (Å²) in [6.45, 7) is 2.62. The molecule has 3 aromatic rings. The van der Waals surface area contributed by atoms with E-state index in [1.54, 1.807) is 34.0 Å². The number of aromatic nitrogens is 4. The molecule has 1 amide bonds. The van der Waals surface area contributed by atoms with Gasteiger partial charge in [0.05, 0.1) is 17.4 Å². The van der Waals surface area contributed by atoms with Crippen molar-refractivity contribution in [3.05, 3.63) is 47.7 Å². The van der Waals surface area contributed by atoms with E-state index in [1.165, 1.54) is 0 Å². The summed E-state index contributed by atoms with van der Waals surface area (Å²) >= 11 is 0. The van der Waals surface area contributed by atoms with Gasteiger partial charge in [0.2, 0.25) is 0 Å². The van der Waals surface area contributed by atoms with E-state index in [0.717, 1.165) is 11.5 Å². The van der Waals surface area contributed by atoms with E-state index in [9.17, 15) is 9.90 Å². The van der Waals surface area contributed by atoms with Crippen LogP contribution in [0.4, 0.5) is 0 Å². The first-order valence-electron chi connectivity index (χ1n) is 7.79. The number of hydrogen-bond donors (Lipinski definition) is 1. The van der Waals surface area contributed by atoms with Crippen LogP contribution in [-0.2, 0) is 6.42 Å². The summed E-state index contributed by atoms with van der Waals surface area (Å²) in [5, 5.41) is 22.0. The second-order valence-corrected chi connectivity index (χ2v) is 6.16. The highest BCUT2D eigenvalue weighted by molar-refractivity contribution is 5.99. The van der Waals surface area contributed by atoms with Gasteiger partial charge in [0.1, 0.15) is 12.1 Å². The molecule has 24 heavy (non-hydrogen) atoms. The van der Waals surface area contributed by atoms with Crippen molar-refractivity contribution in [3.8, 4) is 0 Å². The number of pyridine rings is 1. The lowest BCUT2D eigenvalue weighted by atomic mass is 10.0. The van der Waals surface area contributed by atoms with Gasteiger partial charge in [-0.05, 0) is 19.1 Å². The molecule has 0 bridgehead atoms. The Labute approximate surface area is 137 Å². The molecule has 0 spiro atoms. The lowest BCUT2D eigenvalue weighted by Crippen LogP contribution is -2.30. The topological polar surface area (TPSA) is 96.8 Å². The predicted molar refractivity (Wildman–Crippen MR) is 83.3 cm³/mol. The molecule has 0 radical (unpaired) electrons. The van der Waals surface area contributed by atoms with Gasteiger partial charge in [-0.15, -0.1) is 10.2 Å². The van der Waals surface area contributed by atoms with E-state index in [4.69, 9.17) is 4.52 Å². The summed E-state index contributed by atoms with van der Waals surface area (Å²) in [5.41, 5.74) is 1.81. The Morgan fingerprint density at radius 2 is 2.33 bits per heavy atom. The summed E-state index contributed by atoms with van der Waals surface area (Å²) in [4.78, 5) is 14.5. The lowest BCUT2D eigenvalue weighted by molar-refractivity contribution is 0.0766. The van der Waals surface area contributed by atoms with Gasteiger partial charge in [0, 0.05) is 37.7 Å². The van der Waals surface area contributed by atoms with E-state index in [2.05, 4.69) is 15.4 Å². The molecule has 1 fully saturated rings. The molecular formula is C16H17N5O3. The number of aliphatic hydroxyl groups excluding tert-OH is 1. The monoisotopic (exact) mass is 327 g/mol. The zero-order valence-corrected chi connectivity index (χ0v) is 13.2. The molecular weight excluding hydrogens is 310 g/mol. The number of aryl methyl sites for hydroxylation is 1. The standard InChI is InChI=1S/C16H17N5O3/c1-10-5-12(24-19-10)6-11-7-21(8-14(11)22)16(23)13-3-2-4-20-9-17-18-15(13)20/h2-5,9,11,14,22H,6-8H2,1H3/t11-,14-/m1/s1. The Kier molecular flexibility index (Phi) is 3.53. The lowest BCUT2D eigenvalue weighted by Gasteiger charge is -2.16. The van der Waals surface area contributed by atoms with E-state index < -0.39 is 6.10 Å². The molecule has 1 N–H and O–H groups in total. The van der Waals surface area contributed by atoms with Crippen molar-refractivity contribution in [2.75, 3.05) is 13.1 Å². The first-order chi connectivity index (χ1) is 11.6. The minimum atomic E-state index is -0.586. The molecule has 1 aliphatic rings. The summed E-state index contributed by atoms with van der Waals surface area (Å²) in [6, 6.07) is 5.37. The van der Waals surface area contributed by atoms with E-state index >= 15 is 0 Å². The normalized spacial score (nSPS) is 20.8. The van der Waals surface area contributed by atoms with Gasteiger partial charge < -0.3 is 14.5 Å². The van der Waals surface area contributed by atoms with Crippen molar-refractivity contribution in [1.82, 2.24) is 24.7 Å². The molecule has 8 heteroatoms. The van der Waals surface area contributed by atoms with Crippen LogP contribution < -0.4 is 0 Å². The summed E-state index contributed by atoms with van der Waals surface area (Å²) in [5.74, 6) is 0.508. The molecule has 3 aromatic heterocycles. The second-order valence-electron chi connectivity index (χ2n) is 6.16. The van der Waals surface area contributed by atoms with Crippen LogP contribution in [0.2, 0.25) is 0 Å². The fraction of sp³-hybridized carbons (Fsp3) is 0.375. The first kappa shape index (κ1) is 14.8. The molecule has 1 saturated heterocycles.